The van der Waals surface area contributed by atoms with Gasteiger partial charge in [0, 0.05) is 0 Å². The van der Waals surface area contributed by atoms with Crippen molar-refractivity contribution >= 4 is 0 Å². The molecule has 1 nitrogen and oxygen atoms in total. The Morgan fingerprint density at radius 1 is 1.12 bits per heavy atom. The zero-order valence-electron chi connectivity index (χ0n) is 11.0. The van der Waals surface area contributed by atoms with Crippen LogP contribution in [0.2, 0.25) is 0 Å². The van der Waals surface area contributed by atoms with E-state index in [9.17, 15) is 5.11 Å². The molecule has 0 saturated heterocycles. The van der Waals surface area contributed by atoms with Crippen molar-refractivity contribution in [2.24, 2.45) is 5.41 Å². The van der Waals surface area contributed by atoms with Crippen LogP contribution >= 0.6 is 0 Å². The Morgan fingerprint density at radius 3 is 2.44 bits per heavy atom. The third-order valence-corrected chi connectivity index (χ3v) is 2.86. The fourth-order valence-corrected chi connectivity index (χ4v) is 1.89. The molecule has 16 heavy (non-hydrogen) atoms. The van der Waals surface area contributed by atoms with Crippen LogP contribution in [0.3, 0.4) is 0 Å². The van der Waals surface area contributed by atoms with Gasteiger partial charge in [-0.1, -0.05) is 44.9 Å². The molecule has 1 rings (SSSR count). The first-order valence-corrected chi connectivity index (χ1v) is 6.17. The normalized spacial score (nSPS) is 11.8. The lowest BCUT2D eigenvalue weighted by atomic mass is 9.89. The van der Waals surface area contributed by atoms with Gasteiger partial charge in [0.1, 0.15) is 5.75 Å². The average Bonchev–Trinajstić information content (AvgIpc) is 2.16. The van der Waals surface area contributed by atoms with E-state index in [2.05, 4.69) is 33.8 Å². The first-order chi connectivity index (χ1) is 7.38. The minimum Gasteiger partial charge on any atom is -0.508 e. The molecular weight excluding hydrogens is 196 g/mol. The summed E-state index contributed by atoms with van der Waals surface area (Å²) in [6.07, 6.45) is 4.63. The van der Waals surface area contributed by atoms with Gasteiger partial charge >= 0.3 is 0 Å². The Labute approximate surface area is 99.5 Å². The standard InChI is InChI=1S/C15H24O/c1-12-8-9-14(16)13(11-12)7-5-6-10-15(2,3)4/h8-9,11,16H,5-7,10H2,1-4H3. The van der Waals surface area contributed by atoms with E-state index in [1.54, 1.807) is 6.07 Å². The number of unbranched alkanes of at least 4 members (excludes halogenated alkanes) is 1. The van der Waals surface area contributed by atoms with Crippen LogP contribution in [0, 0.1) is 12.3 Å². The summed E-state index contributed by atoms with van der Waals surface area (Å²) in [7, 11) is 0. The molecule has 0 aromatic heterocycles. The highest BCUT2D eigenvalue weighted by Crippen LogP contribution is 2.24. The molecule has 0 amide bonds. The molecule has 1 aromatic rings. The summed E-state index contributed by atoms with van der Waals surface area (Å²) in [5.74, 6) is 0.446. The number of aromatic hydroxyl groups is 1. The summed E-state index contributed by atoms with van der Waals surface area (Å²) < 4.78 is 0. The van der Waals surface area contributed by atoms with E-state index < -0.39 is 0 Å². The molecule has 0 aliphatic heterocycles. The molecule has 1 aromatic carbocycles. The fourth-order valence-electron chi connectivity index (χ4n) is 1.89. The Kier molecular flexibility index (Phi) is 4.40. The van der Waals surface area contributed by atoms with Crippen molar-refractivity contribution in [1.82, 2.24) is 0 Å². The van der Waals surface area contributed by atoms with Gasteiger partial charge in [-0.15, -0.1) is 0 Å². The molecule has 0 bridgehead atoms. The van der Waals surface area contributed by atoms with Crippen molar-refractivity contribution in [2.75, 3.05) is 0 Å². The smallest absolute Gasteiger partial charge is 0.118 e. The highest BCUT2D eigenvalue weighted by molar-refractivity contribution is 5.35. The predicted octanol–water partition coefficient (Wildman–Crippen LogP) is 4.46. The summed E-state index contributed by atoms with van der Waals surface area (Å²) >= 11 is 0. The Hall–Kier alpha value is -0.980. The van der Waals surface area contributed by atoms with Crippen LogP contribution in [0.5, 0.6) is 5.75 Å². The van der Waals surface area contributed by atoms with Gasteiger partial charge in [-0.3, -0.25) is 0 Å². The number of aryl methyl sites for hydroxylation is 2. The maximum absolute atomic E-state index is 9.69. The molecule has 90 valence electrons. The number of hydrogen-bond acceptors (Lipinski definition) is 1. The molecule has 0 unspecified atom stereocenters. The number of rotatable bonds is 4. The third kappa shape index (κ3) is 4.69. The number of phenols is 1. The maximum atomic E-state index is 9.69. The second kappa shape index (κ2) is 5.38. The van der Waals surface area contributed by atoms with Gasteiger partial charge in [0.25, 0.3) is 0 Å². The molecule has 0 fully saturated rings. The zero-order chi connectivity index (χ0) is 12.2. The molecule has 0 radical (unpaired) electrons. The molecule has 0 saturated carbocycles. The first-order valence-electron chi connectivity index (χ1n) is 6.17. The quantitative estimate of drug-likeness (QED) is 0.743. The second-order valence-corrected chi connectivity index (χ2v) is 5.90. The van der Waals surface area contributed by atoms with Crippen molar-refractivity contribution in [3.63, 3.8) is 0 Å². The van der Waals surface area contributed by atoms with Gasteiger partial charge in [0.15, 0.2) is 0 Å². The Bertz CT molecular complexity index is 334. The summed E-state index contributed by atoms with van der Waals surface area (Å²) in [6.45, 7) is 8.89. The van der Waals surface area contributed by atoms with Gasteiger partial charge in [-0.05, 0) is 43.2 Å². The summed E-state index contributed by atoms with van der Waals surface area (Å²) in [5.41, 5.74) is 2.74. The van der Waals surface area contributed by atoms with Crippen molar-refractivity contribution in [3.05, 3.63) is 29.3 Å². The van der Waals surface area contributed by atoms with Gasteiger partial charge in [-0.2, -0.15) is 0 Å². The fraction of sp³-hybridized carbons (Fsp3) is 0.600. The van der Waals surface area contributed by atoms with Crippen LogP contribution in [-0.2, 0) is 6.42 Å². The number of hydrogen-bond donors (Lipinski definition) is 1. The number of phenolic OH excluding ortho intramolecular Hbond substituents is 1. The Balaban J connectivity index is 2.40. The summed E-state index contributed by atoms with van der Waals surface area (Å²) in [4.78, 5) is 0. The zero-order valence-corrected chi connectivity index (χ0v) is 11.0. The molecule has 1 N–H and O–H groups in total. The van der Waals surface area contributed by atoms with Gasteiger partial charge in [0.2, 0.25) is 0 Å². The molecule has 0 aliphatic rings. The highest BCUT2D eigenvalue weighted by Gasteiger charge is 2.09. The lowest BCUT2D eigenvalue weighted by Crippen LogP contribution is -2.04. The highest BCUT2D eigenvalue weighted by atomic mass is 16.3. The van der Waals surface area contributed by atoms with Gasteiger partial charge in [0.05, 0.1) is 0 Å². The van der Waals surface area contributed by atoms with Crippen LogP contribution in [0.15, 0.2) is 18.2 Å². The van der Waals surface area contributed by atoms with Gasteiger partial charge < -0.3 is 5.11 Å². The van der Waals surface area contributed by atoms with E-state index in [0.29, 0.717) is 11.2 Å². The van der Waals surface area contributed by atoms with Crippen molar-refractivity contribution in [2.45, 2.75) is 53.4 Å². The largest absolute Gasteiger partial charge is 0.508 e. The van der Waals surface area contributed by atoms with Crippen LogP contribution < -0.4 is 0 Å². The summed E-state index contributed by atoms with van der Waals surface area (Å²) in [6, 6.07) is 5.84. The van der Waals surface area contributed by atoms with Crippen LogP contribution in [-0.4, -0.2) is 5.11 Å². The molecule has 0 atom stereocenters. The predicted molar refractivity (Wildman–Crippen MR) is 69.9 cm³/mol. The van der Waals surface area contributed by atoms with E-state index in [1.807, 2.05) is 6.07 Å². The van der Waals surface area contributed by atoms with Crippen LogP contribution in [0.25, 0.3) is 0 Å². The second-order valence-electron chi connectivity index (χ2n) is 5.90. The molecule has 0 spiro atoms. The summed E-state index contributed by atoms with van der Waals surface area (Å²) in [5, 5.41) is 9.69. The topological polar surface area (TPSA) is 20.2 Å². The van der Waals surface area contributed by atoms with Gasteiger partial charge in [-0.25, -0.2) is 0 Å². The van der Waals surface area contributed by atoms with Crippen LogP contribution in [0.1, 0.15) is 51.2 Å². The van der Waals surface area contributed by atoms with Crippen molar-refractivity contribution in [1.29, 1.82) is 0 Å². The van der Waals surface area contributed by atoms with Crippen molar-refractivity contribution < 1.29 is 5.11 Å². The monoisotopic (exact) mass is 220 g/mol. The molecule has 0 aliphatic carbocycles. The minimum atomic E-state index is 0.425. The maximum Gasteiger partial charge on any atom is 0.118 e. The van der Waals surface area contributed by atoms with Crippen LogP contribution in [0.4, 0.5) is 0 Å². The molecule has 1 heteroatoms. The Morgan fingerprint density at radius 2 is 1.81 bits per heavy atom. The third-order valence-electron chi connectivity index (χ3n) is 2.86. The van der Waals surface area contributed by atoms with E-state index in [-0.39, 0.29) is 0 Å². The molecule has 0 heterocycles. The number of benzene rings is 1. The van der Waals surface area contributed by atoms with E-state index in [0.717, 1.165) is 18.4 Å². The lowest BCUT2D eigenvalue weighted by molar-refractivity contribution is 0.360. The SMILES string of the molecule is Cc1ccc(O)c(CCCCC(C)(C)C)c1. The van der Waals surface area contributed by atoms with Crippen molar-refractivity contribution in [3.8, 4) is 5.75 Å². The van der Waals surface area contributed by atoms with E-state index >= 15 is 0 Å². The minimum absolute atomic E-state index is 0.425. The van der Waals surface area contributed by atoms with E-state index in [1.165, 1.54) is 18.4 Å². The lowest BCUT2D eigenvalue weighted by Gasteiger charge is -2.17. The van der Waals surface area contributed by atoms with E-state index in [4.69, 9.17) is 0 Å². The molecular formula is C15H24O. The first kappa shape index (κ1) is 13.1. The average molecular weight is 220 g/mol.